The third-order valence-corrected chi connectivity index (χ3v) is 3.59. The zero-order valence-electron chi connectivity index (χ0n) is 15.0. The Hall–Kier alpha value is -3.15. The first-order valence-corrected chi connectivity index (χ1v) is 8.11. The first-order chi connectivity index (χ1) is 12.3. The summed E-state index contributed by atoms with van der Waals surface area (Å²) in [4.78, 5) is 34.9. The highest BCUT2D eigenvalue weighted by Gasteiger charge is 2.10. The maximum Gasteiger partial charge on any atom is 0.344 e. The van der Waals surface area contributed by atoms with Crippen LogP contribution in [-0.4, -0.2) is 30.9 Å². The minimum absolute atomic E-state index is 0.101. The highest BCUT2D eigenvalue weighted by Crippen LogP contribution is 2.18. The van der Waals surface area contributed by atoms with Crippen molar-refractivity contribution in [1.29, 1.82) is 0 Å². The van der Waals surface area contributed by atoms with E-state index in [0.29, 0.717) is 17.0 Å². The molecule has 0 aliphatic carbocycles. The van der Waals surface area contributed by atoms with Crippen LogP contribution in [0.5, 0.6) is 5.75 Å². The lowest BCUT2D eigenvalue weighted by Gasteiger charge is -2.10. The number of aryl methyl sites for hydroxylation is 2. The molecule has 0 spiro atoms. The largest absolute Gasteiger partial charge is 0.482 e. The Morgan fingerprint density at radius 1 is 1.00 bits per heavy atom. The van der Waals surface area contributed by atoms with E-state index in [2.05, 4.69) is 5.32 Å². The van der Waals surface area contributed by atoms with Crippen molar-refractivity contribution in [2.75, 3.05) is 18.5 Å². The second kappa shape index (κ2) is 8.80. The van der Waals surface area contributed by atoms with Gasteiger partial charge in [0, 0.05) is 11.3 Å². The third kappa shape index (κ3) is 5.73. The SMILES string of the molecule is CC(=O)c1cccc(NC(=O)COC(=O)COc2ccc(C)cc2C)c1. The summed E-state index contributed by atoms with van der Waals surface area (Å²) >= 11 is 0. The Labute approximate surface area is 152 Å². The van der Waals surface area contributed by atoms with E-state index in [4.69, 9.17) is 9.47 Å². The molecular weight excluding hydrogens is 334 g/mol. The Morgan fingerprint density at radius 3 is 2.46 bits per heavy atom. The molecule has 2 rings (SSSR count). The first kappa shape index (κ1) is 19.2. The van der Waals surface area contributed by atoms with Gasteiger partial charge in [0.05, 0.1) is 0 Å². The van der Waals surface area contributed by atoms with E-state index >= 15 is 0 Å². The normalized spacial score (nSPS) is 10.1. The van der Waals surface area contributed by atoms with Gasteiger partial charge in [-0.05, 0) is 44.5 Å². The molecule has 1 amide bonds. The average molecular weight is 355 g/mol. The van der Waals surface area contributed by atoms with Crippen LogP contribution < -0.4 is 10.1 Å². The van der Waals surface area contributed by atoms with Crippen molar-refractivity contribution in [3.63, 3.8) is 0 Å². The standard InChI is InChI=1S/C20H21NO5/c1-13-7-8-18(14(2)9-13)25-12-20(24)26-11-19(23)21-17-6-4-5-16(10-17)15(3)22/h4-10H,11-12H2,1-3H3,(H,21,23). The average Bonchev–Trinajstić information content (AvgIpc) is 2.59. The monoisotopic (exact) mass is 355 g/mol. The van der Waals surface area contributed by atoms with Gasteiger partial charge in [-0.3, -0.25) is 9.59 Å². The highest BCUT2D eigenvalue weighted by molar-refractivity contribution is 5.97. The van der Waals surface area contributed by atoms with E-state index in [0.717, 1.165) is 11.1 Å². The van der Waals surface area contributed by atoms with Crippen LogP contribution in [0.3, 0.4) is 0 Å². The molecule has 6 nitrogen and oxygen atoms in total. The molecule has 0 heterocycles. The van der Waals surface area contributed by atoms with Gasteiger partial charge in [0.2, 0.25) is 0 Å². The predicted molar refractivity (Wildman–Crippen MR) is 97.4 cm³/mol. The summed E-state index contributed by atoms with van der Waals surface area (Å²) in [5.41, 5.74) is 2.97. The fourth-order valence-corrected chi connectivity index (χ4v) is 2.30. The number of carbonyl (C=O) groups is 3. The molecule has 2 aromatic rings. The van der Waals surface area contributed by atoms with Gasteiger partial charge < -0.3 is 14.8 Å². The highest BCUT2D eigenvalue weighted by atomic mass is 16.6. The zero-order chi connectivity index (χ0) is 19.1. The number of rotatable bonds is 7. The number of hydrogen-bond acceptors (Lipinski definition) is 5. The van der Waals surface area contributed by atoms with Gasteiger partial charge in [-0.25, -0.2) is 4.79 Å². The molecule has 0 radical (unpaired) electrons. The van der Waals surface area contributed by atoms with E-state index in [1.54, 1.807) is 30.3 Å². The van der Waals surface area contributed by atoms with Crippen molar-refractivity contribution < 1.29 is 23.9 Å². The molecular formula is C20H21NO5. The molecule has 0 fully saturated rings. The Morgan fingerprint density at radius 2 is 1.77 bits per heavy atom. The minimum atomic E-state index is -0.641. The van der Waals surface area contributed by atoms with Gasteiger partial charge >= 0.3 is 5.97 Å². The van der Waals surface area contributed by atoms with Crippen LogP contribution in [-0.2, 0) is 14.3 Å². The summed E-state index contributed by atoms with van der Waals surface area (Å²) in [6.07, 6.45) is 0. The van der Waals surface area contributed by atoms with Gasteiger partial charge in [0.25, 0.3) is 5.91 Å². The lowest BCUT2D eigenvalue weighted by atomic mass is 10.1. The molecule has 2 aromatic carbocycles. The van der Waals surface area contributed by atoms with Gasteiger partial charge in [0.15, 0.2) is 19.0 Å². The summed E-state index contributed by atoms with van der Waals surface area (Å²) in [7, 11) is 0. The van der Waals surface area contributed by atoms with E-state index in [1.807, 2.05) is 26.0 Å². The van der Waals surface area contributed by atoms with Crippen LogP contribution in [0.25, 0.3) is 0 Å². The fourth-order valence-electron chi connectivity index (χ4n) is 2.30. The number of Topliss-reactive ketones (excluding diaryl/α,β-unsaturated/α-hetero) is 1. The Bertz CT molecular complexity index is 829. The number of esters is 1. The summed E-state index contributed by atoms with van der Waals surface area (Å²) in [5, 5.41) is 2.57. The molecule has 0 unspecified atom stereocenters. The minimum Gasteiger partial charge on any atom is -0.482 e. The van der Waals surface area contributed by atoms with Crippen molar-refractivity contribution in [3.8, 4) is 5.75 Å². The third-order valence-electron chi connectivity index (χ3n) is 3.59. The van der Waals surface area contributed by atoms with Crippen molar-refractivity contribution in [2.24, 2.45) is 0 Å². The number of nitrogens with one attached hydrogen (secondary N) is 1. The fraction of sp³-hybridized carbons (Fsp3) is 0.250. The van der Waals surface area contributed by atoms with E-state index < -0.39 is 18.5 Å². The van der Waals surface area contributed by atoms with E-state index in [9.17, 15) is 14.4 Å². The molecule has 0 saturated heterocycles. The number of ether oxygens (including phenoxy) is 2. The van der Waals surface area contributed by atoms with Gasteiger partial charge in [0.1, 0.15) is 5.75 Å². The van der Waals surface area contributed by atoms with Gasteiger partial charge in [-0.15, -0.1) is 0 Å². The second-order valence-corrected chi connectivity index (χ2v) is 5.90. The quantitative estimate of drug-likeness (QED) is 0.610. The smallest absolute Gasteiger partial charge is 0.344 e. The first-order valence-electron chi connectivity index (χ1n) is 8.11. The summed E-state index contributed by atoms with van der Waals surface area (Å²) in [5.74, 6) is -0.641. The van der Waals surface area contributed by atoms with E-state index in [-0.39, 0.29) is 12.4 Å². The maximum absolute atomic E-state index is 11.8. The zero-order valence-corrected chi connectivity index (χ0v) is 15.0. The molecule has 0 saturated carbocycles. The molecule has 136 valence electrons. The molecule has 0 aliphatic heterocycles. The van der Waals surface area contributed by atoms with Crippen LogP contribution in [0.15, 0.2) is 42.5 Å². The summed E-state index contributed by atoms with van der Waals surface area (Å²) in [6.45, 7) is 4.58. The van der Waals surface area contributed by atoms with Crippen LogP contribution in [0.4, 0.5) is 5.69 Å². The van der Waals surface area contributed by atoms with Crippen molar-refractivity contribution in [2.45, 2.75) is 20.8 Å². The summed E-state index contributed by atoms with van der Waals surface area (Å²) < 4.78 is 10.3. The van der Waals surface area contributed by atoms with Crippen LogP contribution in [0.1, 0.15) is 28.4 Å². The molecule has 0 aliphatic rings. The lowest BCUT2D eigenvalue weighted by molar-refractivity contribution is -0.149. The van der Waals surface area contributed by atoms with Crippen LogP contribution in [0, 0.1) is 13.8 Å². The van der Waals surface area contributed by atoms with Gasteiger partial charge in [-0.2, -0.15) is 0 Å². The number of benzene rings is 2. The summed E-state index contributed by atoms with van der Waals surface area (Å²) in [6, 6.07) is 12.1. The Kier molecular flexibility index (Phi) is 6.49. The van der Waals surface area contributed by atoms with Crippen molar-refractivity contribution in [1.82, 2.24) is 0 Å². The number of carbonyl (C=O) groups excluding carboxylic acids is 3. The molecule has 1 N–H and O–H groups in total. The topological polar surface area (TPSA) is 81.7 Å². The van der Waals surface area contributed by atoms with E-state index in [1.165, 1.54) is 6.92 Å². The Balaban J connectivity index is 1.78. The lowest BCUT2D eigenvalue weighted by Crippen LogP contribution is -2.23. The van der Waals surface area contributed by atoms with Crippen molar-refractivity contribution >= 4 is 23.3 Å². The molecule has 0 bridgehead atoms. The molecule has 0 aromatic heterocycles. The van der Waals surface area contributed by atoms with Crippen molar-refractivity contribution in [3.05, 3.63) is 59.2 Å². The number of hydrogen-bond donors (Lipinski definition) is 1. The maximum atomic E-state index is 11.8. The molecule has 6 heteroatoms. The number of ketones is 1. The predicted octanol–water partition coefficient (Wildman–Crippen LogP) is 3.07. The number of amides is 1. The number of anilines is 1. The van der Waals surface area contributed by atoms with Gasteiger partial charge in [-0.1, -0.05) is 29.8 Å². The molecule has 0 atom stereocenters. The van der Waals surface area contributed by atoms with Crippen LogP contribution in [0.2, 0.25) is 0 Å². The molecule has 26 heavy (non-hydrogen) atoms. The van der Waals surface area contributed by atoms with Crippen LogP contribution >= 0.6 is 0 Å². The second-order valence-electron chi connectivity index (χ2n) is 5.90.